The molecule has 21 heavy (non-hydrogen) atoms. The maximum absolute atomic E-state index is 12.6. The second-order valence-corrected chi connectivity index (χ2v) is 7.24. The molecule has 0 amide bonds. The van der Waals surface area contributed by atoms with E-state index in [0.717, 1.165) is 0 Å². The van der Waals surface area contributed by atoms with Crippen molar-refractivity contribution < 1.29 is 17.5 Å². The smallest absolute Gasteiger partial charge is 0.331 e. The molecule has 7 heteroatoms. The van der Waals surface area contributed by atoms with Crippen LogP contribution in [-0.4, -0.2) is 31.8 Å². The van der Waals surface area contributed by atoms with Crippen LogP contribution in [0.25, 0.3) is 0 Å². The molecule has 0 aliphatic heterocycles. The summed E-state index contributed by atoms with van der Waals surface area (Å²) in [5, 5.41) is 0. The second kappa shape index (κ2) is 7.06. The molecule has 0 aromatic heterocycles. The number of carbonyl (C=O) groups is 1. The van der Waals surface area contributed by atoms with Crippen LogP contribution in [0.1, 0.15) is 13.8 Å². The molecule has 0 aliphatic rings. The van der Waals surface area contributed by atoms with Crippen molar-refractivity contribution in [1.29, 1.82) is 0 Å². The van der Waals surface area contributed by atoms with Gasteiger partial charge in [-0.2, -0.15) is 4.31 Å². The van der Waals surface area contributed by atoms with Crippen LogP contribution in [-0.2, 0) is 19.1 Å². The second-order valence-electron chi connectivity index (χ2n) is 5.15. The van der Waals surface area contributed by atoms with Crippen molar-refractivity contribution in [3.63, 3.8) is 0 Å². The van der Waals surface area contributed by atoms with Crippen molar-refractivity contribution in [2.45, 2.75) is 18.7 Å². The van der Waals surface area contributed by atoms with Gasteiger partial charge in [-0.25, -0.2) is 13.2 Å². The quantitative estimate of drug-likeness (QED) is 0.720. The average Bonchev–Trinajstić information content (AvgIpc) is 2.46. The standard InChI is InChI=1S/C14H18ClNO4S/c1-4-10-16(11-14(2,3)13(17)20-15)21(18,19)12-8-6-5-7-9-12/h4-9H,1,10-11H2,2-3H3. The number of nitrogens with zero attached hydrogens (tertiary/aromatic N) is 1. The van der Waals surface area contributed by atoms with E-state index in [9.17, 15) is 13.2 Å². The van der Waals surface area contributed by atoms with E-state index in [0.29, 0.717) is 0 Å². The first kappa shape index (κ1) is 17.7. The van der Waals surface area contributed by atoms with E-state index in [1.54, 1.807) is 32.0 Å². The van der Waals surface area contributed by atoms with Crippen LogP contribution in [0.4, 0.5) is 0 Å². The molecule has 1 aromatic carbocycles. The van der Waals surface area contributed by atoms with Crippen LogP contribution < -0.4 is 0 Å². The Kier molecular flexibility index (Phi) is 5.95. The summed E-state index contributed by atoms with van der Waals surface area (Å²) in [6.45, 7) is 6.69. The molecule has 116 valence electrons. The highest BCUT2D eigenvalue weighted by molar-refractivity contribution is 7.89. The third-order valence-electron chi connectivity index (χ3n) is 2.91. The van der Waals surface area contributed by atoms with E-state index in [4.69, 9.17) is 11.9 Å². The fourth-order valence-electron chi connectivity index (χ4n) is 1.74. The van der Waals surface area contributed by atoms with Gasteiger partial charge in [0.25, 0.3) is 0 Å². The monoisotopic (exact) mass is 331 g/mol. The molecule has 0 unspecified atom stereocenters. The van der Waals surface area contributed by atoms with E-state index < -0.39 is 21.4 Å². The minimum Gasteiger partial charge on any atom is -0.347 e. The van der Waals surface area contributed by atoms with Crippen molar-refractivity contribution in [1.82, 2.24) is 4.31 Å². The molecule has 0 fully saturated rings. The van der Waals surface area contributed by atoms with Gasteiger partial charge in [0.15, 0.2) is 0 Å². The lowest BCUT2D eigenvalue weighted by Crippen LogP contribution is -2.42. The molecular weight excluding hydrogens is 314 g/mol. The zero-order chi connectivity index (χ0) is 16.1. The number of rotatable bonds is 7. The highest BCUT2D eigenvalue weighted by Crippen LogP contribution is 2.24. The van der Waals surface area contributed by atoms with Crippen molar-refractivity contribution >= 4 is 27.9 Å². The molecule has 1 rings (SSSR count). The van der Waals surface area contributed by atoms with E-state index in [2.05, 4.69) is 10.9 Å². The predicted octanol–water partition coefficient (Wildman–Crippen LogP) is 2.59. The van der Waals surface area contributed by atoms with Gasteiger partial charge in [0.05, 0.1) is 10.3 Å². The number of hydrogen-bond donors (Lipinski definition) is 0. The Bertz CT molecular complexity index is 599. The third kappa shape index (κ3) is 4.30. The molecule has 0 bridgehead atoms. The Hall–Kier alpha value is -1.37. The summed E-state index contributed by atoms with van der Waals surface area (Å²) in [7, 11) is -3.73. The Morgan fingerprint density at radius 1 is 1.38 bits per heavy atom. The lowest BCUT2D eigenvalue weighted by Gasteiger charge is -2.28. The molecule has 0 atom stereocenters. The first-order valence-corrected chi connectivity index (χ1v) is 7.99. The first-order valence-electron chi connectivity index (χ1n) is 6.25. The number of halogens is 1. The summed E-state index contributed by atoms with van der Waals surface area (Å²) in [5.74, 6) is -0.693. The van der Waals surface area contributed by atoms with Gasteiger partial charge in [-0.3, -0.25) is 0 Å². The summed E-state index contributed by atoms with van der Waals surface area (Å²) in [4.78, 5) is 11.8. The molecule has 0 radical (unpaired) electrons. The van der Waals surface area contributed by atoms with E-state index in [-0.39, 0.29) is 18.0 Å². The summed E-state index contributed by atoms with van der Waals surface area (Å²) < 4.78 is 30.6. The number of sulfonamides is 1. The normalized spacial score (nSPS) is 12.2. The summed E-state index contributed by atoms with van der Waals surface area (Å²) in [6, 6.07) is 8.00. The lowest BCUT2D eigenvalue weighted by molar-refractivity contribution is -0.143. The summed E-state index contributed by atoms with van der Waals surface area (Å²) in [5.41, 5.74) is -1.08. The topological polar surface area (TPSA) is 63.7 Å². The van der Waals surface area contributed by atoms with Crippen LogP contribution in [0.5, 0.6) is 0 Å². The van der Waals surface area contributed by atoms with Crippen LogP contribution >= 0.6 is 11.9 Å². The first-order chi connectivity index (χ1) is 9.75. The fourth-order valence-corrected chi connectivity index (χ4v) is 3.55. The van der Waals surface area contributed by atoms with Gasteiger partial charge in [0, 0.05) is 13.1 Å². The van der Waals surface area contributed by atoms with Gasteiger partial charge in [-0.15, -0.1) is 6.58 Å². The maximum atomic E-state index is 12.6. The van der Waals surface area contributed by atoms with Crippen molar-refractivity contribution in [2.24, 2.45) is 5.41 Å². The highest BCUT2D eigenvalue weighted by Gasteiger charge is 2.36. The van der Waals surface area contributed by atoms with Gasteiger partial charge in [0.2, 0.25) is 10.0 Å². The summed E-state index contributed by atoms with van der Waals surface area (Å²) >= 11 is 5.09. The van der Waals surface area contributed by atoms with Crippen molar-refractivity contribution in [2.75, 3.05) is 13.1 Å². The minimum absolute atomic E-state index is 0.0677. The zero-order valence-electron chi connectivity index (χ0n) is 12.0. The molecular formula is C14H18ClNO4S. The predicted molar refractivity (Wildman–Crippen MR) is 81.1 cm³/mol. The number of carbonyl (C=O) groups excluding carboxylic acids is 1. The maximum Gasteiger partial charge on any atom is 0.331 e. The molecule has 0 saturated heterocycles. The van der Waals surface area contributed by atoms with Crippen LogP contribution in [0.15, 0.2) is 47.9 Å². The molecule has 0 saturated carbocycles. The third-order valence-corrected chi connectivity index (χ3v) is 4.87. The van der Waals surface area contributed by atoms with Crippen molar-refractivity contribution in [3.8, 4) is 0 Å². The number of benzene rings is 1. The van der Waals surface area contributed by atoms with Gasteiger partial charge in [0.1, 0.15) is 11.9 Å². The Morgan fingerprint density at radius 2 is 1.95 bits per heavy atom. The average molecular weight is 332 g/mol. The van der Waals surface area contributed by atoms with Gasteiger partial charge >= 0.3 is 5.97 Å². The Balaban J connectivity index is 3.13. The molecule has 0 heterocycles. The SMILES string of the molecule is C=CCN(CC(C)(C)C(=O)OCl)S(=O)(=O)c1ccccc1. The minimum atomic E-state index is -3.73. The van der Waals surface area contributed by atoms with E-state index in [1.165, 1.54) is 22.5 Å². The summed E-state index contributed by atoms with van der Waals surface area (Å²) in [6.07, 6.45) is 1.46. The van der Waals surface area contributed by atoms with Crippen LogP contribution in [0, 0.1) is 5.41 Å². The lowest BCUT2D eigenvalue weighted by atomic mass is 9.94. The largest absolute Gasteiger partial charge is 0.347 e. The molecule has 0 N–H and O–H groups in total. The molecule has 5 nitrogen and oxygen atoms in total. The Morgan fingerprint density at radius 3 is 2.43 bits per heavy atom. The van der Waals surface area contributed by atoms with Crippen LogP contribution in [0.3, 0.4) is 0 Å². The molecule has 0 spiro atoms. The Labute approximate surface area is 130 Å². The highest BCUT2D eigenvalue weighted by atomic mass is 35.5. The van der Waals surface area contributed by atoms with E-state index in [1.807, 2.05) is 0 Å². The van der Waals surface area contributed by atoms with Crippen LogP contribution in [0.2, 0.25) is 0 Å². The zero-order valence-corrected chi connectivity index (χ0v) is 13.5. The van der Waals surface area contributed by atoms with Gasteiger partial charge < -0.3 is 4.29 Å². The molecule has 0 aliphatic carbocycles. The van der Waals surface area contributed by atoms with Crippen molar-refractivity contribution in [3.05, 3.63) is 43.0 Å². The number of hydrogen-bond acceptors (Lipinski definition) is 4. The van der Waals surface area contributed by atoms with E-state index >= 15 is 0 Å². The fraction of sp³-hybridized carbons (Fsp3) is 0.357. The molecule has 1 aromatic rings. The van der Waals surface area contributed by atoms with Gasteiger partial charge in [-0.1, -0.05) is 24.3 Å². The van der Waals surface area contributed by atoms with Gasteiger partial charge in [-0.05, 0) is 26.0 Å².